The fourth-order valence-electron chi connectivity index (χ4n) is 1.79. The summed E-state index contributed by atoms with van der Waals surface area (Å²) in [6.45, 7) is 1.85. The minimum absolute atomic E-state index is 0.206. The van der Waals surface area contributed by atoms with E-state index >= 15 is 0 Å². The van der Waals surface area contributed by atoms with Gasteiger partial charge in [0, 0.05) is 11.4 Å². The van der Waals surface area contributed by atoms with Gasteiger partial charge in [-0.05, 0) is 36.8 Å². The number of hydrogen-bond donors (Lipinski definition) is 2. The van der Waals surface area contributed by atoms with Gasteiger partial charge in [-0.1, -0.05) is 12.1 Å². The minimum Gasteiger partial charge on any atom is -0.497 e. The molecule has 1 aromatic heterocycles. The molecule has 2 rings (SSSR count). The van der Waals surface area contributed by atoms with Crippen LogP contribution in [0.1, 0.15) is 10.4 Å². The van der Waals surface area contributed by atoms with Gasteiger partial charge in [0.2, 0.25) is 5.91 Å². The summed E-state index contributed by atoms with van der Waals surface area (Å²) in [7, 11) is -2.05. The van der Waals surface area contributed by atoms with Crippen LogP contribution in [0.15, 0.2) is 40.6 Å². The van der Waals surface area contributed by atoms with Gasteiger partial charge < -0.3 is 10.1 Å². The molecule has 0 aliphatic rings. The van der Waals surface area contributed by atoms with Crippen molar-refractivity contribution in [2.24, 2.45) is 0 Å². The first-order valence-electron chi connectivity index (χ1n) is 6.86. The number of thiophene rings is 1. The fraction of sp³-hybridized carbons (Fsp3) is 0.267. The summed E-state index contributed by atoms with van der Waals surface area (Å²) < 4.78 is 31.6. The lowest BCUT2D eigenvalue weighted by Crippen LogP contribution is -2.36. The monoisotopic (exact) mass is 354 g/mol. The lowest BCUT2D eigenvalue weighted by Gasteiger charge is -2.07. The molecule has 8 heteroatoms. The zero-order chi connectivity index (χ0) is 16.9. The number of benzene rings is 1. The first kappa shape index (κ1) is 17.5. The smallest absolute Gasteiger partial charge is 0.250 e. The van der Waals surface area contributed by atoms with E-state index in [2.05, 4.69) is 10.0 Å². The molecule has 0 fully saturated rings. The van der Waals surface area contributed by atoms with Gasteiger partial charge in [-0.3, -0.25) is 4.79 Å². The number of sulfonamides is 1. The van der Waals surface area contributed by atoms with Crippen molar-refractivity contribution in [3.63, 3.8) is 0 Å². The minimum atomic E-state index is -3.64. The highest BCUT2D eigenvalue weighted by atomic mass is 32.2. The molecule has 1 amide bonds. The highest BCUT2D eigenvalue weighted by Gasteiger charge is 2.17. The molecule has 0 atom stereocenters. The number of carbonyl (C=O) groups is 1. The Morgan fingerprint density at radius 3 is 2.43 bits per heavy atom. The third-order valence-electron chi connectivity index (χ3n) is 3.05. The number of aryl methyl sites for hydroxylation is 1. The summed E-state index contributed by atoms with van der Waals surface area (Å²) in [5.41, 5.74) is 0.899. The van der Waals surface area contributed by atoms with Crippen molar-refractivity contribution in [1.82, 2.24) is 10.0 Å². The van der Waals surface area contributed by atoms with E-state index in [1.165, 1.54) is 17.4 Å². The standard InChI is InChI=1S/C15H18N2O4S2/c1-11-3-8-15(22-11)23(19,20)17-10-14(18)16-9-12-4-6-13(21-2)7-5-12/h3-8,17H,9-10H2,1-2H3,(H,16,18). The van der Waals surface area contributed by atoms with Crippen molar-refractivity contribution in [1.29, 1.82) is 0 Å². The molecule has 2 aromatic rings. The van der Waals surface area contributed by atoms with Crippen molar-refractivity contribution in [2.45, 2.75) is 17.7 Å². The fourth-order valence-corrected chi connectivity index (χ4v) is 4.10. The van der Waals surface area contributed by atoms with E-state index in [9.17, 15) is 13.2 Å². The second-order valence-electron chi connectivity index (χ2n) is 4.81. The van der Waals surface area contributed by atoms with Crippen LogP contribution in [0.2, 0.25) is 0 Å². The predicted octanol–water partition coefficient (Wildman–Crippen LogP) is 1.66. The second kappa shape index (κ2) is 7.58. The Kier molecular flexibility index (Phi) is 5.75. The number of methoxy groups -OCH3 is 1. The molecule has 0 radical (unpaired) electrons. The lowest BCUT2D eigenvalue weighted by atomic mass is 10.2. The van der Waals surface area contributed by atoms with Crippen molar-refractivity contribution < 1.29 is 17.9 Å². The van der Waals surface area contributed by atoms with Crippen molar-refractivity contribution in [3.8, 4) is 5.75 Å². The van der Waals surface area contributed by atoms with Crippen LogP contribution in [0, 0.1) is 6.92 Å². The summed E-state index contributed by atoms with van der Waals surface area (Å²) in [6, 6.07) is 10.5. The molecule has 1 heterocycles. The Bertz CT molecular complexity index is 767. The van der Waals surface area contributed by atoms with E-state index in [1.54, 1.807) is 25.3 Å². The van der Waals surface area contributed by atoms with Gasteiger partial charge >= 0.3 is 0 Å². The molecule has 6 nitrogen and oxygen atoms in total. The van der Waals surface area contributed by atoms with Crippen LogP contribution in [0.25, 0.3) is 0 Å². The molecule has 23 heavy (non-hydrogen) atoms. The number of ether oxygens (including phenoxy) is 1. The molecule has 0 bridgehead atoms. The number of hydrogen-bond acceptors (Lipinski definition) is 5. The van der Waals surface area contributed by atoms with E-state index in [1.807, 2.05) is 19.1 Å². The highest BCUT2D eigenvalue weighted by molar-refractivity contribution is 7.91. The Morgan fingerprint density at radius 1 is 1.17 bits per heavy atom. The molecule has 0 spiro atoms. The van der Waals surface area contributed by atoms with E-state index in [0.29, 0.717) is 6.54 Å². The summed E-state index contributed by atoms with van der Waals surface area (Å²) in [5, 5.41) is 2.66. The van der Waals surface area contributed by atoms with Gasteiger partial charge in [-0.15, -0.1) is 11.3 Å². The van der Waals surface area contributed by atoms with E-state index < -0.39 is 15.9 Å². The van der Waals surface area contributed by atoms with Crippen molar-refractivity contribution in [2.75, 3.05) is 13.7 Å². The Morgan fingerprint density at radius 2 is 1.87 bits per heavy atom. The van der Waals surface area contributed by atoms with Crippen LogP contribution in [-0.2, 0) is 21.4 Å². The Hall–Kier alpha value is -1.90. The molecule has 0 aliphatic heterocycles. The van der Waals surface area contributed by atoms with Gasteiger partial charge in [-0.2, -0.15) is 0 Å². The Balaban J connectivity index is 1.82. The SMILES string of the molecule is COc1ccc(CNC(=O)CNS(=O)(=O)c2ccc(C)s2)cc1. The van der Waals surface area contributed by atoms with Gasteiger partial charge in [0.05, 0.1) is 13.7 Å². The first-order valence-corrected chi connectivity index (χ1v) is 9.16. The van der Waals surface area contributed by atoms with E-state index in [4.69, 9.17) is 4.74 Å². The van der Waals surface area contributed by atoms with Gasteiger partial charge in [0.25, 0.3) is 10.0 Å². The molecule has 2 N–H and O–H groups in total. The van der Waals surface area contributed by atoms with Crippen LogP contribution >= 0.6 is 11.3 Å². The van der Waals surface area contributed by atoms with E-state index in [0.717, 1.165) is 16.2 Å². The number of nitrogens with one attached hydrogen (secondary N) is 2. The molecule has 124 valence electrons. The molecule has 0 saturated heterocycles. The summed E-state index contributed by atoms with van der Waals surface area (Å²) in [4.78, 5) is 12.7. The van der Waals surface area contributed by atoms with Crippen LogP contribution in [-0.4, -0.2) is 28.0 Å². The molecule has 0 saturated carbocycles. The van der Waals surface area contributed by atoms with Crippen molar-refractivity contribution >= 4 is 27.3 Å². The number of rotatable bonds is 7. The summed E-state index contributed by atoms with van der Waals surface area (Å²) >= 11 is 1.17. The van der Waals surface area contributed by atoms with Gasteiger partial charge in [0.1, 0.15) is 9.96 Å². The topological polar surface area (TPSA) is 84.5 Å². The molecular formula is C15H18N2O4S2. The maximum Gasteiger partial charge on any atom is 0.250 e. The zero-order valence-electron chi connectivity index (χ0n) is 12.8. The quantitative estimate of drug-likeness (QED) is 0.792. The number of amides is 1. The second-order valence-corrected chi connectivity index (χ2v) is 8.10. The van der Waals surface area contributed by atoms with Crippen LogP contribution < -0.4 is 14.8 Å². The normalized spacial score (nSPS) is 11.2. The van der Waals surface area contributed by atoms with Gasteiger partial charge in [0.15, 0.2) is 0 Å². The summed E-state index contributed by atoms with van der Waals surface area (Å²) in [6.07, 6.45) is 0. The predicted molar refractivity (Wildman–Crippen MR) is 89.1 cm³/mol. The Labute approximate surface area is 139 Å². The largest absolute Gasteiger partial charge is 0.497 e. The molecule has 0 aliphatic carbocycles. The first-order chi connectivity index (χ1) is 10.9. The molecule has 1 aromatic carbocycles. The zero-order valence-corrected chi connectivity index (χ0v) is 14.5. The van der Waals surface area contributed by atoms with Crippen LogP contribution in [0.4, 0.5) is 0 Å². The van der Waals surface area contributed by atoms with Crippen molar-refractivity contribution in [3.05, 3.63) is 46.8 Å². The third-order valence-corrected chi connectivity index (χ3v) is 5.95. The maximum absolute atomic E-state index is 12.0. The van der Waals surface area contributed by atoms with Gasteiger partial charge in [-0.25, -0.2) is 13.1 Å². The highest BCUT2D eigenvalue weighted by Crippen LogP contribution is 2.20. The molecule has 0 unspecified atom stereocenters. The van der Waals surface area contributed by atoms with E-state index in [-0.39, 0.29) is 10.8 Å². The van der Waals surface area contributed by atoms with Crippen LogP contribution in [0.3, 0.4) is 0 Å². The lowest BCUT2D eigenvalue weighted by molar-refractivity contribution is -0.120. The van der Waals surface area contributed by atoms with Crippen LogP contribution in [0.5, 0.6) is 5.75 Å². The third kappa shape index (κ3) is 5.05. The molecular weight excluding hydrogens is 336 g/mol. The average molecular weight is 354 g/mol. The average Bonchev–Trinajstić information content (AvgIpc) is 2.99. The number of carbonyl (C=O) groups excluding carboxylic acids is 1. The maximum atomic E-state index is 12.0. The summed E-state index contributed by atoms with van der Waals surface area (Å²) in [5.74, 6) is 0.344.